The van der Waals surface area contributed by atoms with Gasteiger partial charge in [-0.2, -0.15) is 0 Å². The van der Waals surface area contributed by atoms with Crippen molar-refractivity contribution < 1.29 is 13.2 Å². The molecule has 2 heterocycles. The highest BCUT2D eigenvalue weighted by molar-refractivity contribution is 7.91. The first-order valence-electron chi connectivity index (χ1n) is 6.07. The summed E-state index contributed by atoms with van der Waals surface area (Å²) in [6.07, 6.45) is 4.32. The number of hydrogen-bond acceptors (Lipinski definition) is 4. The van der Waals surface area contributed by atoms with Crippen molar-refractivity contribution in [3.63, 3.8) is 0 Å². The number of hydrogen-bond donors (Lipinski definition) is 1. The average molecular weight is 247 g/mol. The molecule has 3 atom stereocenters. The summed E-state index contributed by atoms with van der Waals surface area (Å²) >= 11 is 0. The lowest BCUT2D eigenvalue weighted by Crippen LogP contribution is -2.41. The van der Waals surface area contributed by atoms with E-state index in [0.717, 1.165) is 19.3 Å². The van der Waals surface area contributed by atoms with E-state index in [-0.39, 0.29) is 23.0 Å². The van der Waals surface area contributed by atoms with Crippen LogP contribution in [0.2, 0.25) is 0 Å². The third-order valence-electron chi connectivity index (χ3n) is 4.18. The van der Waals surface area contributed by atoms with E-state index in [0.29, 0.717) is 19.1 Å². The lowest BCUT2D eigenvalue weighted by molar-refractivity contribution is 0.0623. The molecule has 0 aromatic heterocycles. The average Bonchev–Trinajstić information content (AvgIpc) is 2.87. The fourth-order valence-electron chi connectivity index (χ4n) is 2.97. The van der Waals surface area contributed by atoms with Crippen LogP contribution in [-0.4, -0.2) is 38.7 Å². The minimum atomic E-state index is -2.88. The van der Waals surface area contributed by atoms with Crippen molar-refractivity contribution in [1.82, 2.24) is 0 Å². The Morgan fingerprint density at radius 3 is 2.62 bits per heavy atom. The molecule has 0 amide bonds. The molecule has 2 rings (SSSR count). The number of nitrogens with two attached hydrogens (primary N) is 1. The van der Waals surface area contributed by atoms with E-state index in [4.69, 9.17) is 10.5 Å². The van der Waals surface area contributed by atoms with Crippen molar-refractivity contribution >= 4 is 9.84 Å². The van der Waals surface area contributed by atoms with Crippen LogP contribution in [-0.2, 0) is 14.6 Å². The quantitative estimate of drug-likeness (QED) is 0.776. The molecule has 94 valence electrons. The second-order valence-electron chi connectivity index (χ2n) is 5.08. The van der Waals surface area contributed by atoms with Gasteiger partial charge in [-0.1, -0.05) is 6.92 Å². The van der Waals surface area contributed by atoms with Crippen molar-refractivity contribution in [2.75, 3.05) is 18.1 Å². The summed E-state index contributed by atoms with van der Waals surface area (Å²) in [5.74, 6) is 0.482. The zero-order valence-electron chi connectivity index (χ0n) is 9.81. The zero-order valence-corrected chi connectivity index (χ0v) is 10.6. The van der Waals surface area contributed by atoms with Gasteiger partial charge in [0.2, 0.25) is 0 Å². The van der Waals surface area contributed by atoms with E-state index in [9.17, 15) is 8.42 Å². The first-order valence-corrected chi connectivity index (χ1v) is 7.89. The standard InChI is InChI=1S/C11H21NO3S/c1-2-16(13,14)6-5-11(8-12)7-9-3-4-10(11)15-9/h9-10H,2-8,12H2,1H3. The highest BCUT2D eigenvalue weighted by Gasteiger charge is 2.51. The minimum Gasteiger partial charge on any atom is -0.374 e. The Bertz CT molecular complexity index is 354. The first kappa shape index (κ1) is 12.3. The van der Waals surface area contributed by atoms with Gasteiger partial charge in [0.05, 0.1) is 18.0 Å². The maximum absolute atomic E-state index is 11.5. The van der Waals surface area contributed by atoms with Gasteiger partial charge in [0.25, 0.3) is 0 Å². The largest absolute Gasteiger partial charge is 0.374 e. The van der Waals surface area contributed by atoms with Gasteiger partial charge in [-0.05, 0) is 25.7 Å². The zero-order chi connectivity index (χ0) is 11.8. The second-order valence-corrected chi connectivity index (χ2v) is 7.55. The summed E-state index contributed by atoms with van der Waals surface area (Å²) in [6.45, 7) is 2.25. The Kier molecular flexibility index (Phi) is 3.29. The monoisotopic (exact) mass is 247 g/mol. The Hall–Kier alpha value is -0.130. The molecule has 16 heavy (non-hydrogen) atoms. The van der Waals surface area contributed by atoms with E-state index < -0.39 is 9.84 Å². The van der Waals surface area contributed by atoms with E-state index >= 15 is 0 Å². The highest BCUT2D eigenvalue weighted by atomic mass is 32.2. The van der Waals surface area contributed by atoms with Crippen LogP contribution >= 0.6 is 0 Å². The summed E-state index contributed by atoms with van der Waals surface area (Å²) in [6, 6.07) is 0. The van der Waals surface area contributed by atoms with E-state index in [1.54, 1.807) is 6.92 Å². The predicted molar refractivity (Wildman–Crippen MR) is 62.9 cm³/mol. The van der Waals surface area contributed by atoms with Gasteiger partial charge >= 0.3 is 0 Å². The Morgan fingerprint density at radius 2 is 2.19 bits per heavy atom. The number of fused-ring (bicyclic) bond motifs is 2. The molecule has 2 saturated heterocycles. The summed E-state index contributed by atoms with van der Waals surface area (Å²) in [5.41, 5.74) is 5.79. The molecular weight excluding hydrogens is 226 g/mol. The van der Waals surface area contributed by atoms with Crippen molar-refractivity contribution in [2.45, 2.75) is 44.8 Å². The van der Waals surface area contributed by atoms with Crippen LogP contribution in [0.5, 0.6) is 0 Å². The van der Waals surface area contributed by atoms with Crippen LogP contribution in [0.15, 0.2) is 0 Å². The van der Waals surface area contributed by atoms with E-state index in [1.165, 1.54) is 0 Å². The summed E-state index contributed by atoms with van der Waals surface area (Å²) in [5, 5.41) is 0. The Morgan fingerprint density at radius 1 is 1.44 bits per heavy atom. The van der Waals surface area contributed by atoms with Gasteiger partial charge < -0.3 is 10.5 Å². The van der Waals surface area contributed by atoms with Crippen molar-refractivity contribution in [2.24, 2.45) is 11.1 Å². The number of sulfone groups is 1. The third-order valence-corrected chi connectivity index (χ3v) is 5.89. The van der Waals surface area contributed by atoms with Gasteiger partial charge in [0.15, 0.2) is 0 Å². The van der Waals surface area contributed by atoms with Gasteiger partial charge in [-0.15, -0.1) is 0 Å². The van der Waals surface area contributed by atoms with Gasteiger partial charge in [0, 0.05) is 17.7 Å². The van der Waals surface area contributed by atoms with Crippen molar-refractivity contribution in [1.29, 1.82) is 0 Å². The molecule has 0 radical (unpaired) electrons. The van der Waals surface area contributed by atoms with Crippen LogP contribution in [0, 0.1) is 5.41 Å². The van der Waals surface area contributed by atoms with Gasteiger partial charge in [-0.3, -0.25) is 0 Å². The number of rotatable bonds is 5. The molecule has 5 heteroatoms. The molecular formula is C11H21NO3S. The molecule has 0 aliphatic carbocycles. The van der Waals surface area contributed by atoms with Crippen LogP contribution in [0.3, 0.4) is 0 Å². The predicted octanol–water partition coefficient (Wildman–Crippen LogP) is 0.708. The molecule has 0 spiro atoms. The normalized spacial score (nSPS) is 38.1. The summed E-state index contributed by atoms with van der Waals surface area (Å²) in [7, 11) is -2.88. The first-order chi connectivity index (χ1) is 7.51. The van der Waals surface area contributed by atoms with Crippen LogP contribution < -0.4 is 5.73 Å². The second kappa shape index (κ2) is 4.27. The third kappa shape index (κ3) is 2.13. The molecule has 0 aromatic rings. The summed E-state index contributed by atoms with van der Waals surface area (Å²) in [4.78, 5) is 0. The van der Waals surface area contributed by atoms with Crippen LogP contribution in [0.1, 0.15) is 32.6 Å². The lowest BCUT2D eigenvalue weighted by Gasteiger charge is -2.34. The fourth-order valence-corrected chi connectivity index (χ4v) is 3.98. The van der Waals surface area contributed by atoms with Crippen molar-refractivity contribution in [3.05, 3.63) is 0 Å². The molecule has 2 aliphatic rings. The molecule has 2 bridgehead atoms. The topological polar surface area (TPSA) is 69.4 Å². The van der Waals surface area contributed by atoms with Crippen molar-refractivity contribution in [3.8, 4) is 0 Å². The van der Waals surface area contributed by atoms with E-state index in [1.807, 2.05) is 0 Å². The molecule has 2 N–H and O–H groups in total. The van der Waals surface area contributed by atoms with Crippen LogP contribution in [0.4, 0.5) is 0 Å². The van der Waals surface area contributed by atoms with Gasteiger partial charge in [0.1, 0.15) is 9.84 Å². The lowest BCUT2D eigenvalue weighted by atomic mass is 9.72. The molecule has 2 fully saturated rings. The maximum Gasteiger partial charge on any atom is 0.150 e. The minimum absolute atomic E-state index is 0.0643. The molecule has 0 saturated carbocycles. The molecule has 4 nitrogen and oxygen atoms in total. The van der Waals surface area contributed by atoms with E-state index in [2.05, 4.69) is 0 Å². The van der Waals surface area contributed by atoms with Gasteiger partial charge in [-0.25, -0.2) is 8.42 Å². The van der Waals surface area contributed by atoms with Crippen LogP contribution in [0.25, 0.3) is 0 Å². The Labute approximate surface area is 97.5 Å². The highest BCUT2D eigenvalue weighted by Crippen LogP contribution is 2.49. The summed E-state index contributed by atoms with van der Waals surface area (Å²) < 4.78 is 28.9. The number of ether oxygens (including phenoxy) is 1. The molecule has 2 aliphatic heterocycles. The smallest absolute Gasteiger partial charge is 0.150 e. The SMILES string of the molecule is CCS(=O)(=O)CCC1(CN)CC2CCC1O2. The fraction of sp³-hybridized carbons (Fsp3) is 1.00. The molecule has 3 unspecified atom stereocenters. The molecule has 0 aromatic carbocycles. The Balaban J connectivity index is 2.02. The maximum atomic E-state index is 11.5.